The van der Waals surface area contributed by atoms with Crippen molar-refractivity contribution in [3.63, 3.8) is 0 Å². The fourth-order valence-electron chi connectivity index (χ4n) is 2.55. The molecule has 0 saturated carbocycles. The highest BCUT2D eigenvalue weighted by Crippen LogP contribution is 2.22. The monoisotopic (exact) mass is 354 g/mol. The zero-order valence-corrected chi connectivity index (χ0v) is 13.4. The van der Waals surface area contributed by atoms with Crippen LogP contribution in [-0.2, 0) is 9.59 Å². The number of hydrazine groups is 1. The number of hydrogen-bond donors (Lipinski definition) is 2. The van der Waals surface area contributed by atoms with Crippen molar-refractivity contribution in [3.05, 3.63) is 70.3 Å². The zero-order chi connectivity index (χ0) is 18.7. The lowest BCUT2D eigenvalue weighted by atomic mass is 10.2. The van der Waals surface area contributed by atoms with Gasteiger partial charge in [0, 0.05) is 17.7 Å². The van der Waals surface area contributed by atoms with E-state index in [0.29, 0.717) is 5.69 Å². The van der Waals surface area contributed by atoms with Crippen molar-refractivity contribution in [1.82, 2.24) is 10.9 Å². The van der Waals surface area contributed by atoms with Gasteiger partial charge in [-0.15, -0.1) is 0 Å². The summed E-state index contributed by atoms with van der Waals surface area (Å²) in [4.78, 5) is 47.7. The molecule has 3 rings (SSSR count). The maximum Gasteiger partial charge on any atom is 0.269 e. The predicted octanol–water partition coefficient (Wildman–Crippen LogP) is 1.16. The van der Waals surface area contributed by atoms with Crippen molar-refractivity contribution in [3.8, 4) is 0 Å². The molecule has 132 valence electrons. The Morgan fingerprint density at radius 2 is 1.73 bits per heavy atom. The van der Waals surface area contributed by atoms with Gasteiger partial charge in [-0.1, -0.05) is 18.2 Å². The van der Waals surface area contributed by atoms with Crippen LogP contribution in [0, 0.1) is 10.1 Å². The molecular weight excluding hydrogens is 340 g/mol. The highest BCUT2D eigenvalue weighted by atomic mass is 16.6. The van der Waals surface area contributed by atoms with Gasteiger partial charge in [-0.25, -0.2) is 10.3 Å². The van der Waals surface area contributed by atoms with Crippen LogP contribution in [-0.4, -0.2) is 28.7 Å². The van der Waals surface area contributed by atoms with E-state index in [9.17, 15) is 24.5 Å². The Bertz CT molecular complexity index is 866. The van der Waals surface area contributed by atoms with Crippen molar-refractivity contribution >= 4 is 29.1 Å². The highest BCUT2D eigenvalue weighted by Gasteiger charge is 2.39. The van der Waals surface area contributed by atoms with E-state index in [-0.39, 0.29) is 23.6 Å². The molecule has 0 spiro atoms. The first kappa shape index (κ1) is 17.2. The Kier molecular flexibility index (Phi) is 4.72. The fraction of sp³-hybridized carbons (Fsp3) is 0.118. The summed E-state index contributed by atoms with van der Waals surface area (Å²) in [5.41, 5.74) is 5.42. The van der Waals surface area contributed by atoms with Gasteiger partial charge >= 0.3 is 0 Å². The normalized spacial score (nSPS) is 16.6. The standard InChI is InChI=1S/C17H14N4O5/c22-15-10-14(17(24)20(15)12-4-2-1-3-5-12)18-19-16(23)11-6-8-13(9-7-11)21(25)26/h1-9,14,18H,10H2,(H,19,23). The average Bonchev–Trinajstić information content (AvgIpc) is 2.94. The number of carbonyl (C=O) groups excluding carboxylic acids is 3. The molecule has 0 radical (unpaired) electrons. The number of carbonyl (C=O) groups is 3. The van der Waals surface area contributed by atoms with Crippen LogP contribution in [0.3, 0.4) is 0 Å². The summed E-state index contributed by atoms with van der Waals surface area (Å²) in [7, 11) is 0. The number of anilines is 1. The summed E-state index contributed by atoms with van der Waals surface area (Å²) in [5, 5.41) is 10.6. The van der Waals surface area contributed by atoms with Crippen LogP contribution in [0.4, 0.5) is 11.4 Å². The minimum Gasteiger partial charge on any atom is -0.287 e. The molecule has 2 aromatic rings. The van der Waals surface area contributed by atoms with Gasteiger partial charge in [0.2, 0.25) is 5.91 Å². The number of nitro benzene ring substituents is 1. The summed E-state index contributed by atoms with van der Waals surface area (Å²) in [6.45, 7) is 0. The van der Waals surface area contributed by atoms with Gasteiger partial charge in [0.05, 0.1) is 17.0 Å². The van der Waals surface area contributed by atoms with Crippen molar-refractivity contribution in [2.24, 2.45) is 0 Å². The Labute approximate surface area is 147 Å². The van der Waals surface area contributed by atoms with Crippen LogP contribution in [0.2, 0.25) is 0 Å². The number of nitrogens with one attached hydrogen (secondary N) is 2. The molecule has 9 heteroatoms. The van der Waals surface area contributed by atoms with Crippen molar-refractivity contribution < 1.29 is 19.3 Å². The van der Waals surface area contributed by atoms with Crippen LogP contribution in [0.15, 0.2) is 54.6 Å². The molecule has 26 heavy (non-hydrogen) atoms. The molecule has 1 aliphatic heterocycles. The highest BCUT2D eigenvalue weighted by molar-refractivity contribution is 6.22. The van der Waals surface area contributed by atoms with E-state index in [0.717, 1.165) is 4.90 Å². The molecule has 1 aliphatic rings. The Balaban J connectivity index is 1.63. The van der Waals surface area contributed by atoms with E-state index < -0.39 is 22.8 Å². The number of rotatable bonds is 5. The maximum absolute atomic E-state index is 12.4. The number of para-hydroxylation sites is 1. The molecular formula is C17H14N4O5. The first-order chi connectivity index (χ1) is 12.5. The lowest BCUT2D eigenvalue weighted by Crippen LogP contribution is -2.48. The molecule has 1 heterocycles. The number of benzene rings is 2. The second kappa shape index (κ2) is 7.11. The number of nitrogens with zero attached hydrogens (tertiary/aromatic N) is 2. The van der Waals surface area contributed by atoms with E-state index in [1.54, 1.807) is 30.3 Å². The second-order valence-electron chi connectivity index (χ2n) is 5.56. The molecule has 1 fully saturated rings. The van der Waals surface area contributed by atoms with Crippen molar-refractivity contribution in [1.29, 1.82) is 0 Å². The zero-order valence-electron chi connectivity index (χ0n) is 13.4. The van der Waals surface area contributed by atoms with E-state index in [1.165, 1.54) is 24.3 Å². The van der Waals surface area contributed by atoms with Gasteiger partial charge in [0.15, 0.2) is 0 Å². The first-order valence-electron chi connectivity index (χ1n) is 7.69. The summed E-state index contributed by atoms with van der Waals surface area (Å²) in [6.07, 6.45) is -0.0890. The summed E-state index contributed by atoms with van der Waals surface area (Å²) >= 11 is 0. The minimum atomic E-state index is -0.885. The molecule has 9 nitrogen and oxygen atoms in total. The smallest absolute Gasteiger partial charge is 0.269 e. The molecule has 2 N–H and O–H groups in total. The van der Waals surface area contributed by atoms with Crippen molar-refractivity contribution in [2.45, 2.75) is 12.5 Å². The Hall–Kier alpha value is -3.59. The molecule has 0 aliphatic carbocycles. The van der Waals surface area contributed by atoms with E-state index in [4.69, 9.17) is 0 Å². The Morgan fingerprint density at radius 1 is 1.08 bits per heavy atom. The summed E-state index contributed by atoms with van der Waals surface area (Å²) < 4.78 is 0. The van der Waals surface area contributed by atoms with Gasteiger partial charge in [0.1, 0.15) is 6.04 Å². The SMILES string of the molecule is O=C(NNC1CC(=O)N(c2ccccc2)C1=O)c1ccc([N+](=O)[O-])cc1. The van der Waals surface area contributed by atoms with E-state index in [2.05, 4.69) is 10.9 Å². The fourth-order valence-corrected chi connectivity index (χ4v) is 2.55. The number of nitro groups is 1. The van der Waals surface area contributed by atoms with Gasteiger partial charge in [-0.3, -0.25) is 29.9 Å². The third-order valence-electron chi connectivity index (χ3n) is 3.86. The van der Waals surface area contributed by atoms with Gasteiger partial charge in [-0.05, 0) is 24.3 Å². The second-order valence-corrected chi connectivity index (χ2v) is 5.56. The number of amides is 3. The number of non-ortho nitro benzene ring substituents is 1. The Morgan fingerprint density at radius 3 is 2.35 bits per heavy atom. The van der Waals surface area contributed by atoms with Crippen LogP contribution in [0.1, 0.15) is 16.8 Å². The average molecular weight is 354 g/mol. The molecule has 1 unspecified atom stereocenters. The van der Waals surface area contributed by atoms with Gasteiger partial charge in [-0.2, -0.15) is 0 Å². The van der Waals surface area contributed by atoms with Crippen LogP contribution in [0.25, 0.3) is 0 Å². The molecule has 3 amide bonds. The van der Waals surface area contributed by atoms with Gasteiger partial charge in [0.25, 0.3) is 17.5 Å². The lowest BCUT2D eigenvalue weighted by Gasteiger charge is -2.15. The largest absolute Gasteiger partial charge is 0.287 e. The van der Waals surface area contributed by atoms with Crippen LogP contribution in [0.5, 0.6) is 0 Å². The predicted molar refractivity (Wildman–Crippen MR) is 91.0 cm³/mol. The number of hydrogen-bond acceptors (Lipinski definition) is 6. The molecule has 0 bridgehead atoms. The number of imide groups is 1. The minimum absolute atomic E-state index is 0.0890. The molecule has 1 saturated heterocycles. The van der Waals surface area contributed by atoms with E-state index in [1.807, 2.05) is 0 Å². The first-order valence-corrected chi connectivity index (χ1v) is 7.69. The topological polar surface area (TPSA) is 122 Å². The quantitative estimate of drug-likeness (QED) is 0.472. The molecule has 0 aromatic heterocycles. The molecule has 1 atom stereocenters. The van der Waals surface area contributed by atoms with E-state index >= 15 is 0 Å². The van der Waals surface area contributed by atoms with Crippen LogP contribution < -0.4 is 15.8 Å². The summed E-state index contributed by atoms with van der Waals surface area (Å²) in [5.74, 6) is -1.41. The van der Waals surface area contributed by atoms with Gasteiger partial charge < -0.3 is 0 Å². The van der Waals surface area contributed by atoms with Crippen molar-refractivity contribution in [2.75, 3.05) is 4.90 Å². The summed E-state index contributed by atoms with van der Waals surface area (Å²) in [6, 6.07) is 12.6. The maximum atomic E-state index is 12.4. The lowest BCUT2D eigenvalue weighted by molar-refractivity contribution is -0.384. The third-order valence-corrected chi connectivity index (χ3v) is 3.86. The third kappa shape index (κ3) is 3.42. The van der Waals surface area contributed by atoms with Crippen LogP contribution >= 0.6 is 0 Å². The molecule has 2 aromatic carbocycles.